The number of hydrogen-bond acceptors (Lipinski definition) is 3. The van der Waals surface area contributed by atoms with Crippen LogP contribution in [0, 0.1) is 0 Å². The van der Waals surface area contributed by atoms with Gasteiger partial charge in [-0.3, -0.25) is 4.90 Å². The van der Waals surface area contributed by atoms with Gasteiger partial charge in [-0.25, -0.2) is 4.79 Å². The molecule has 2 unspecified atom stereocenters. The number of para-hydroxylation sites is 1. The molecule has 1 aromatic carbocycles. The fourth-order valence-corrected chi connectivity index (χ4v) is 2.78. The van der Waals surface area contributed by atoms with Gasteiger partial charge in [0.05, 0.1) is 12.2 Å². The molecule has 1 aliphatic heterocycles. The van der Waals surface area contributed by atoms with Gasteiger partial charge >= 0.3 is 6.03 Å². The zero-order valence-corrected chi connectivity index (χ0v) is 13.9. The molecule has 22 heavy (non-hydrogen) atoms. The van der Waals surface area contributed by atoms with Crippen LogP contribution in [-0.4, -0.2) is 48.3 Å². The summed E-state index contributed by atoms with van der Waals surface area (Å²) in [5.41, 5.74) is 0.687. The van der Waals surface area contributed by atoms with E-state index in [4.69, 9.17) is 4.74 Å². The van der Waals surface area contributed by atoms with Crippen molar-refractivity contribution < 1.29 is 9.53 Å². The molecule has 2 amide bonds. The van der Waals surface area contributed by atoms with Gasteiger partial charge in [0.1, 0.15) is 0 Å². The van der Waals surface area contributed by atoms with Crippen molar-refractivity contribution >= 4 is 11.7 Å². The predicted molar refractivity (Wildman–Crippen MR) is 89.1 cm³/mol. The number of carbonyl (C=O) groups excluding carboxylic acids is 1. The van der Waals surface area contributed by atoms with Crippen LogP contribution in [0.5, 0.6) is 0 Å². The van der Waals surface area contributed by atoms with Crippen LogP contribution in [0.3, 0.4) is 0 Å². The van der Waals surface area contributed by atoms with E-state index in [1.807, 2.05) is 30.3 Å². The summed E-state index contributed by atoms with van der Waals surface area (Å²) in [6.07, 6.45) is 0.447. The minimum atomic E-state index is -0.173. The monoisotopic (exact) mass is 305 g/mol. The second-order valence-electron chi connectivity index (χ2n) is 6.65. The van der Waals surface area contributed by atoms with Crippen molar-refractivity contribution in [1.29, 1.82) is 0 Å². The molecule has 0 spiro atoms. The normalized spacial score (nSPS) is 23.1. The summed E-state index contributed by atoms with van der Waals surface area (Å²) < 4.78 is 5.77. The zero-order valence-electron chi connectivity index (χ0n) is 13.9. The van der Waals surface area contributed by atoms with Gasteiger partial charge in [0.2, 0.25) is 0 Å². The quantitative estimate of drug-likeness (QED) is 0.899. The zero-order chi connectivity index (χ0) is 16.2. The van der Waals surface area contributed by atoms with E-state index < -0.39 is 0 Å². The highest BCUT2D eigenvalue weighted by atomic mass is 16.5. The Morgan fingerprint density at radius 2 is 1.82 bits per heavy atom. The average molecular weight is 305 g/mol. The molecule has 1 heterocycles. The maximum Gasteiger partial charge on any atom is 0.319 e. The van der Waals surface area contributed by atoms with E-state index in [0.29, 0.717) is 6.54 Å². The Kier molecular flexibility index (Phi) is 5.42. The van der Waals surface area contributed by atoms with Crippen LogP contribution in [0.15, 0.2) is 30.3 Å². The lowest BCUT2D eigenvalue weighted by Crippen LogP contribution is -2.58. The first-order chi connectivity index (χ1) is 10.4. The predicted octanol–water partition coefficient (Wildman–Crippen LogP) is 2.70. The molecule has 122 valence electrons. The number of morpholine rings is 1. The highest BCUT2D eigenvalue weighted by Crippen LogP contribution is 2.20. The van der Waals surface area contributed by atoms with Gasteiger partial charge < -0.3 is 15.4 Å². The number of anilines is 1. The first kappa shape index (κ1) is 16.8. The van der Waals surface area contributed by atoms with Crippen molar-refractivity contribution in [2.24, 2.45) is 0 Å². The molecular formula is C17H27N3O2. The van der Waals surface area contributed by atoms with Crippen LogP contribution in [0.4, 0.5) is 10.5 Å². The first-order valence-electron chi connectivity index (χ1n) is 7.87. The Labute approximate surface area is 133 Å². The minimum Gasteiger partial charge on any atom is -0.373 e. The average Bonchev–Trinajstić information content (AvgIpc) is 2.45. The van der Waals surface area contributed by atoms with Gasteiger partial charge in [0.25, 0.3) is 0 Å². The molecule has 0 radical (unpaired) electrons. The number of rotatable bonds is 4. The molecule has 5 nitrogen and oxygen atoms in total. The van der Waals surface area contributed by atoms with E-state index in [-0.39, 0.29) is 23.8 Å². The van der Waals surface area contributed by atoms with E-state index in [2.05, 4.69) is 43.2 Å². The van der Waals surface area contributed by atoms with Crippen LogP contribution in [-0.2, 0) is 4.74 Å². The largest absolute Gasteiger partial charge is 0.373 e. The third-order valence-corrected chi connectivity index (χ3v) is 3.99. The number of hydrogen-bond donors (Lipinski definition) is 2. The van der Waals surface area contributed by atoms with Crippen LogP contribution >= 0.6 is 0 Å². The van der Waals surface area contributed by atoms with Gasteiger partial charge in [-0.2, -0.15) is 0 Å². The molecule has 0 saturated carbocycles. The molecule has 0 aromatic heterocycles. The van der Waals surface area contributed by atoms with Crippen molar-refractivity contribution in [3.05, 3.63) is 30.3 Å². The molecule has 1 fully saturated rings. The SMILES string of the molecule is CC1CN(C(C)(C)CNC(=O)Nc2ccccc2)CC(C)O1. The van der Waals surface area contributed by atoms with E-state index in [1.165, 1.54) is 0 Å². The number of carbonyl (C=O) groups is 1. The van der Waals surface area contributed by atoms with E-state index in [0.717, 1.165) is 18.8 Å². The maximum absolute atomic E-state index is 12.0. The lowest BCUT2D eigenvalue weighted by atomic mass is 10.00. The Morgan fingerprint density at radius 3 is 2.41 bits per heavy atom. The fourth-order valence-electron chi connectivity index (χ4n) is 2.78. The summed E-state index contributed by atoms with van der Waals surface area (Å²) >= 11 is 0. The standard InChI is InChI=1S/C17H27N3O2/c1-13-10-20(11-14(2)22-13)17(3,4)12-18-16(21)19-15-8-6-5-7-9-15/h5-9,13-14H,10-12H2,1-4H3,(H2,18,19,21). The first-order valence-corrected chi connectivity index (χ1v) is 7.87. The highest BCUT2D eigenvalue weighted by molar-refractivity contribution is 5.89. The van der Waals surface area contributed by atoms with Gasteiger partial charge in [0.15, 0.2) is 0 Å². The Balaban J connectivity index is 1.85. The van der Waals surface area contributed by atoms with Gasteiger partial charge in [-0.1, -0.05) is 18.2 Å². The Bertz CT molecular complexity index is 480. The Hall–Kier alpha value is -1.59. The molecule has 2 atom stereocenters. The molecular weight excluding hydrogens is 278 g/mol. The number of nitrogens with one attached hydrogen (secondary N) is 2. The summed E-state index contributed by atoms with van der Waals surface area (Å²) in [5, 5.41) is 5.81. The van der Waals surface area contributed by atoms with Crippen LogP contribution in [0.1, 0.15) is 27.7 Å². The van der Waals surface area contributed by atoms with Gasteiger partial charge in [-0.15, -0.1) is 0 Å². The van der Waals surface area contributed by atoms with Crippen LogP contribution in [0.2, 0.25) is 0 Å². The molecule has 1 aromatic rings. The summed E-state index contributed by atoms with van der Waals surface area (Å²) in [4.78, 5) is 14.4. The fraction of sp³-hybridized carbons (Fsp3) is 0.588. The van der Waals surface area contributed by atoms with Crippen LogP contribution in [0.25, 0.3) is 0 Å². The summed E-state index contributed by atoms with van der Waals surface area (Å²) in [6.45, 7) is 10.9. The minimum absolute atomic E-state index is 0.111. The lowest BCUT2D eigenvalue weighted by Gasteiger charge is -2.45. The maximum atomic E-state index is 12.0. The second kappa shape index (κ2) is 7.11. The topological polar surface area (TPSA) is 53.6 Å². The number of benzene rings is 1. The van der Waals surface area contributed by atoms with Gasteiger partial charge in [0, 0.05) is 30.9 Å². The lowest BCUT2D eigenvalue weighted by molar-refractivity contribution is -0.0947. The van der Waals surface area contributed by atoms with E-state index in [9.17, 15) is 4.79 Å². The molecule has 0 aliphatic carbocycles. The summed E-state index contributed by atoms with van der Waals surface area (Å²) in [6, 6.07) is 9.29. The van der Waals surface area contributed by atoms with E-state index >= 15 is 0 Å². The molecule has 1 aliphatic rings. The van der Waals surface area contributed by atoms with Crippen molar-refractivity contribution in [3.8, 4) is 0 Å². The number of amides is 2. The number of nitrogens with zero attached hydrogens (tertiary/aromatic N) is 1. The van der Waals surface area contributed by atoms with E-state index in [1.54, 1.807) is 0 Å². The van der Waals surface area contributed by atoms with Crippen molar-refractivity contribution in [2.75, 3.05) is 25.0 Å². The third-order valence-electron chi connectivity index (χ3n) is 3.99. The highest BCUT2D eigenvalue weighted by Gasteiger charge is 2.33. The molecule has 1 saturated heterocycles. The molecule has 5 heteroatoms. The van der Waals surface area contributed by atoms with Crippen molar-refractivity contribution in [2.45, 2.75) is 45.4 Å². The van der Waals surface area contributed by atoms with Crippen molar-refractivity contribution in [3.63, 3.8) is 0 Å². The van der Waals surface area contributed by atoms with Gasteiger partial charge in [-0.05, 0) is 39.8 Å². The smallest absolute Gasteiger partial charge is 0.319 e. The second-order valence-corrected chi connectivity index (χ2v) is 6.65. The molecule has 2 N–H and O–H groups in total. The number of ether oxygens (including phenoxy) is 1. The third kappa shape index (κ3) is 4.71. The Morgan fingerprint density at radius 1 is 1.23 bits per heavy atom. The van der Waals surface area contributed by atoms with Crippen molar-refractivity contribution in [1.82, 2.24) is 10.2 Å². The van der Waals surface area contributed by atoms with Crippen LogP contribution < -0.4 is 10.6 Å². The molecule has 0 bridgehead atoms. The number of urea groups is 1. The summed E-state index contributed by atoms with van der Waals surface area (Å²) in [7, 11) is 0. The molecule has 2 rings (SSSR count). The summed E-state index contributed by atoms with van der Waals surface area (Å²) in [5.74, 6) is 0.